The predicted molar refractivity (Wildman–Crippen MR) is 74.5 cm³/mol. The monoisotopic (exact) mass is 249 g/mol. The SMILES string of the molecule is N#Cc1ccc(C[NH+]2CCc3ccccc3C2)cc1. The average Bonchev–Trinajstić information content (AvgIpc) is 2.48. The van der Waals surface area contributed by atoms with Crippen LogP contribution in [0.25, 0.3) is 0 Å². The summed E-state index contributed by atoms with van der Waals surface area (Å²) in [4.78, 5) is 1.60. The Kier molecular flexibility index (Phi) is 3.31. The molecule has 0 aromatic heterocycles. The molecular weight excluding hydrogens is 232 g/mol. The van der Waals surface area contributed by atoms with E-state index >= 15 is 0 Å². The molecule has 0 spiro atoms. The van der Waals surface area contributed by atoms with Crippen LogP contribution in [-0.2, 0) is 19.5 Å². The van der Waals surface area contributed by atoms with E-state index in [1.807, 2.05) is 12.1 Å². The highest BCUT2D eigenvalue weighted by Gasteiger charge is 2.18. The van der Waals surface area contributed by atoms with Crippen LogP contribution in [0.5, 0.6) is 0 Å². The molecule has 1 heterocycles. The molecule has 2 heteroatoms. The number of nitriles is 1. The Bertz CT molecular complexity index is 608. The van der Waals surface area contributed by atoms with Crippen LogP contribution in [0.2, 0.25) is 0 Å². The third kappa shape index (κ3) is 2.67. The van der Waals surface area contributed by atoms with Crippen LogP contribution in [0.15, 0.2) is 48.5 Å². The van der Waals surface area contributed by atoms with Crippen LogP contribution in [-0.4, -0.2) is 6.54 Å². The van der Waals surface area contributed by atoms with Crippen molar-refractivity contribution in [3.8, 4) is 6.07 Å². The zero-order valence-corrected chi connectivity index (χ0v) is 10.9. The molecule has 0 bridgehead atoms. The Labute approximate surface area is 113 Å². The number of rotatable bonds is 2. The van der Waals surface area contributed by atoms with Gasteiger partial charge in [-0.2, -0.15) is 5.26 Å². The summed E-state index contributed by atoms with van der Waals surface area (Å²) in [6.45, 7) is 3.34. The van der Waals surface area contributed by atoms with Gasteiger partial charge in [0.25, 0.3) is 0 Å². The third-order valence-electron chi connectivity index (χ3n) is 3.84. The second-order valence-electron chi connectivity index (χ2n) is 5.18. The highest BCUT2D eigenvalue weighted by Crippen LogP contribution is 2.11. The quantitative estimate of drug-likeness (QED) is 0.862. The summed E-state index contributed by atoms with van der Waals surface area (Å²) in [5, 5.41) is 8.80. The largest absolute Gasteiger partial charge is 0.327 e. The first-order valence-corrected chi connectivity index (χ1v) is 6.74. The van der Waals surface area contributed by atoms with Gasteiger partial charge < -0.3 is 4.90 Å². The fourth-order valence-electron chi connectivity index (χ4n) is 2.78. The molecule has 2 aromatic carbocycles. The number of nitrogens with zero attached hydrogens (tertiary/aromatic N) is 1. The lowest BCUT2D eigenvalue weighted by atomic mass is 9.99. The van der Waals surface area contributed by atoms with Gasteiger partial charge >= 0.3 is 0 Å². The Morgan fingerprint density at radius 2 is 1.74 bits per heavy atom. The lowest BCUT2D eigenvalue weighted by molar-refractivity contribution is -0.929. The first-order valence-electron chi connectivity index (χ1n) is 6.74. The molecule has 0 amide bonds. The second-order valence-corrected chi connectivity index (χ2v) is 5.18. The summed E-state index contributed by atoms with van der Waals surface area (Å²) in [5.74, 6) is 0. The van der Waals surface area contributed by atoms with Gasteiger partial charge in [-0.3, -0.25) is 0 Å². The Morgan fingerprint density at radius 1 is 1.00 bits per heavy atom. The highest BCUT2D eigenvalue weighted by molar-refractivity contribution is 5.31. The van der Waals surface area contributed by atoms with Crippen LogP contribution < -0.4 is 4.90 Å². The van der Waals surface area contributed by atoms with E-state index in [1.54, 1.807) is 4.90 Å². The van der Waals surface area contributed by atoms with E-state index < -0.39 is 0 Å². The maximum absolute atomic E-state index is 8.80. The molecule has 0 radical (unpaired) electrons. The summed E-state index contributed by atoms with van der Waals surface area (Å²) in [6, 6.07) is 18.9. The molecule has 1 N–H and O–H groups in total. The number of hydrogen-bond donors (Lipinski definition) is 1. The zero-order chi connectivity index (χ0) is 13.1. The molecule has 0 fully saturated rings. The predicted octanol–water partition coefficient (Wildman–Crippen LogP) is 1.70. The molecular formula is C17H17N2+. The Balaban J connectivity index is 1.70. The van der Waals surface area contributed by atoms with Crippen molar-refractivity contribution in [2.24, 2.45) is 0 Å². The molecule has 1 aliphatic rings. The van der Waals surface area contributed by atoms with Gasteiger partial charge in [0.2, 0.25) is 0 Å². The van der Waals surface area contributed by atoms with Crippen molar-refractivity contribution in [1.29, 1.82) is 5.26 Å². The summed E-state index contributed by atoms with van der Waals surface area (Å²) < 4.78 is 0. The molecule has 2 aromatic rings. The van der Waals surface area contributed by atoms with E-state index in [-0.39, 0.29) is 0 Å². The van der Waals surface area contributed by atoms with Gasteiger partial charge in [-0.25, -0.2) is 0 Å². The topological polar surface area (TPSA) is 28.2 Å². The Hall–Kier alpha value is -2.11. The van der Waals surface area contributed by atoms with E-state index in [4.69, 9.17) is 5.26 Å². The number of hydrogen-bond acceptors (Lipinski definition) is 1. The molecule has 1 atom stereocenters. The van der Waals surface area contributed by atoms with Gasteiger partial charge in [-0.05, 0) is 17.7 Å². The highest BCUT2D eigenvalue weighted by atomic mass is 15.1. The van der Waals surface area contributed by atoms with Crippen molar-refractivity contribution in [1.82, 2.24) is 0 Å². The van der Waals surface area contributed by atoms with E-state index in [2.05, 4.69) is 42.5 Å². The summed E-state index contributed by atoms with van der Waals surface area (Å²) >= 11 is 0. The standard InChI is InChI=1S/C17H16N2/c18-11-14-5-7-15(8-6-14)12-19-10-9-16-3-1-2-4-17(16)13-19/h1-8H,9-10,12-13H2/p+1. The van der Waals surface area contributed by atoms with Crippen LogP contribution in [0.3, 0.4) is 0 Å². The lowest BCUT2D eigenvalue weighted by Gasteiger charge is -2.25. The lowest BCUT2D eigenvalue weighted by Crippen LogP contribution is -3.10. The molecule has 19 heavy (non-hydrogen) atoms. The molecule has 2 nitrogen and oxygen atoms in total. The van der Waals surface area contributed by atoms with Gasteiger partial charge in [0.05, 0.1) is 18.2 Å². The minimum absolute atomic E-state index is 0.739. The molecule has 1 aliphatic heterocycles. The fourth-order valence-corrected chi connectivity index (χ4v) is 2.78. The van der Waals surface area contributed by atoms with Crippen molar-refractivity contribution < 1.29 is 4.90 Å². The zero-order valence-electron chi connectivity index (χ0n) is 10.9. The maximum atomic E-state index is 8.80. The van der Waals surface area contributed by atoms with E-state index in [1.165, 1.54) is 29.7 Å². The average molecular weight is 249 g/mol. The molecule has 94 valence electrons. The summed E-state index contributed by atoms with van der Waals surface area (Å²) in [6.07, 6.45) is 1.17. The summed E-state index contributed by atoms with van der Waals surface area (Å²) in [7, 11) is 0. The van der Waals surface area contributed by atoms with E-state index in [0.717, 1.165) is 18.7 Å². The van der Waals surface area contributed by atoms with Crippen LogP contribution in [0.4, 0.5) is 0 Å². The molecule has 0 aliphatic carbocycles. The fraction of sp³-hybridized carbons (Fsp3) is 0.235. The summed E-state index contributed by atoms with van der Waals surface area (Å²) in [5.41, 5.74) is 5.04. The van der Waals surface area contributed by atoms with Gasteiger partial charge in [0.15, 0.2) is 0 Å². The van der Waals surface area contributed by atoms with Crippen molar-refractivity contribution >= 4 is 0 Å². The molecule has 1 unspecified atom stereocenters. The van der Waals surface area contributed by atoms with Crippen molar-refractivity contribution in [2.45, 2.75) is 19.5 Å². The van der Waals surface area contributed by atoms with Gasteiger partial charge in [0.1, 0.15) is 13.1 Å². The smallest absolute Gasteiger partial charge is 0.103 e. The normalized spacial score (nSPS) is 17.5. The van der Waals surface area contributed by atoms with Gasteiger partial charge in [0, 0.05) is 17.5 Å². The number of nitrogens with one attached hydrogen (secondary N) is 1. The minimum atomic E-state index is 0.739. The third-order valence-corrected chi connectivity index (χ3v) is 3.84. The van der Waals surface area contributed by atoms with E-state index in [0.29, 0.717) is 0 Å². The van der Waals surface area contributed by atoms with Crippen molar-refractivity contribution in [3.63, 3.8) is 0 Å². The van der Waals surface area contributed by atoms with Gasteiger partial charge in [-0.1, -0.05) is 36.4 Å². The molecule has 0 saturated carbocycles. The Morgan fingerprint density at radius 3 is 2.47 bits per heavy atom. The molecule has 0 saturated heterocycles. The second kappa shape index (κ2) is 5.26. The van der Waals surface area contributed by atoms with Crippen LogP contribution in [0, 0.1) is 11.3 Å². The van der Waals surface area contributed by atoms with Gasteiger partial charge in [-0.15, -0.1) is 0 Å². The maximum Gasteiger partial charge on any atom is 0.103 e. The molecule has 3 rings (SSSR count). The van der Waals surface area contributed by atoms with Crippen LogP contribution >= 0.6 is 0 Å². The number of quaternary nitrogens is 1. The van der Waals surface area contributed by atoms with E-state index in [9.17, 15) is 0 Å². The van der Waals surface area contributed by atoms with Crippen molar-refractivity contribution in [3.05, 3.63) is 70.8 Å². The minimum Gasteiger partial charge on any atom is -0.327 e. The number of benzene rings is 2. The van der Waals surface area contributed by atoms with Crippen LogP contribution in [0.1, 0.15) is 22.3 Å². The number of fused-ring (bicyclic) bond motifs is 1. The first kappa shape index (κ1) is 12.0. The van der Waals surface area contributed by atoms with Crippen molar-refractivity contribution in [2.75, 3.05) is 6.54 Å². The first-order chi connectivity index (χ1) is 9.35.